The van der Waals surface area contributed by atoms with Crippen molar-refractivity contribution < 1.29 is 0 Å². The third kappa shape index (κ3) is 4.92. The van der Waals surface area contributed by atoms with Gasteiger partial charge in [-0.05, 0) is 36.9 Å². The Morgan fingerprint density at radius 2 is 1.80 bits per heavy atom. The maximum Gasteiger partial charge on any atom is 0.0234 e. The van der Waals surface area contributed by atoms with Crippen LogP contribution in [0.5, 0.6) is 0 Å². The minimum Gasteiger partial charge on any atom is -0.310 e. The smallest absolute Gasteiger partial charge is 0.0234 e. The Kier molecular flexibility index (Phi) is 6.06. The monoisotopic (exact) mass is 274 g/mol. The van der Waals surface area contributed by atoms with Crippen LogP contribution in [-0.4, -0.2) is 24.5 Å². The average molecular weight is 274 g/mol. The summed E-state index contributed by atoms with van der Waals surface area (Å²) in [7, 11) is 2.27. The molecule has 0 unspecified atom stereocenters. The first kappa shape index (κ1) is 15.5. The second-order valence-corrected chi connectivity index (χ2v) is 6.65. The molecule has 2 nitrogen and oxygen atoms in total. The molecule has 0 bridgehead atoms. The molecule has 0 amide bonds. The molecule has 1 fully saturated rings. The zero-order valence-corrected chi connectivity index (χ0v) is 13.4. The summed E-state index contributed by atoms with van der Waals surface area (Å²) in [4.78, 5) is 2.50. The molecule has 20 heavy (non-hydrogen) atoms. The molecule has 1 saturated carbocycles. The lowest BCUT2D eigenvalue weighted by atomic mass is 10.0. The summed E-state index contributed by atoms with van der Waals surface area (Å²) in [5.41, 5.74) is 2.92. The number of nitrogens with one attached hydrogen (secondary N) is 1. The summed E-state index contributed by atoms with van der Waals surface area (Å²) in [6.07, 6.45) is 5.74. The van der Waals surface area contributed by atoms with E-state index in [0.717, 1.165) is 19.0 Å². The van der Waals surface area contributed by atoms with Gasteiger partial charge in [-0.1, -0.05) is 51.0 Å². The van der Waals surface area contributed by atoms with Gasteiger partial charge in [-0.25, -0.2) is 0 Å². The van der Waals surface area contributed by atoms with Crippen molar-refractivity contribution in [2.75, 3.05) is 13.6 Å². The van der Waals surface area contributed by atoms with Crippen LogP contribution in [0.2, 0.25) is 0 Å². The van der Waals surface area contributed by atoms with Crippen LogP contribution in [0, 0.1) is 5.92 Å². The molecule has 0 saturated heterocycles. The van der Waals surface area contributed by atoms with Gasteiger partial charge in [0.2, 0.25) is 0 Å². The molecule has 1 N–H and O–H groups in total. The molecule has 0 heterocycles. The molecule has 1 aromatic carbocycles. The second-order valence-electron chi connectivity index (χ2n) is 6.65. The first-order valence-electron chi connectivity index (χ1n) is 8.14. The SMILES string of the molecule is CC(C)NCc1ccccc1CN(C)CC1CCCC1. The summed E-state index contributed by atoms with van der Waals surface area (Å²) in [5, 5.41) is 3.53. The fourth-order valence-electron chi connectivity index (χ4n) is 3.19. The maximum absolute atomic E-state index is 3.53. The van der Waals surface area contributed by atoms with Crippen molar-refractivity contribution in [3.63, 3.8) is 0 Å². The Bertz CT molecular complexity index is 394. The predicted octanol–water partition coefficient (Wildman–Crippen LogP) is 3.81. The maximum atomic E-state index is 3.53. The van der Waals surface area contributed by atoms with Crippen LogP contribution in [0.1, 0.15) is 50.7 Å². The summed E-state index contributed by atoms with van der Waals surface area (Å²) in [6.45, 7) is 7.72. The molecular weight excluding hydrogens is 244 g/mol. The second kappa shape index (κ2) is 7.80. The van der Waals surface area contributed by atoms with Gasteiger partial charge in [0.1, 0.15) is 0 Å². The highest BCUT2D eigenvalue weighted by atomic mass is 15.1. The highest BCUT2D eigenvalue weighted by Gasteiger charge is 2.17. The number of benzene rings is 1. The van der Waals surface area contributed by atoms with Gasteiger partial charge in [-0.15, -0.1) is 0 Å². The zero-order chi connectivity index (χ0) is 14.4. The van der Waals surface area contributed by atoms with Gasteiger partial charge in [0, 0.05) is 25.7 Å². The molecule has 0 radical (unpaired) electrons. The normalized spacial score (nSPS) is 16.4. The van der Waals surface area contributed by atoms with E-state index in [1.165, 1.54) is 43.4 Å². The van der Waals surface area contributed by atoms with Crippen molar-refractivity contribution in [3.05, 3.63) is 35.4 Å². The van der Waals surface area contributed by atoms with Crippen LogP contribution >= 0.6 is 0 Å². The fourth-order valence-corrected chi connectivity index (χ4v) is 3.19. The van der Waals surface area contributed by atoms with E-state index in [-0.39, 0.29) is 0 Å². The first-order valence-corrected chi connectivity index (χ1v) is 8.14. The van der Waals surface area contributed by atoms with Gasteiger partial charge in [0.25, 0.3) is 0 Å². The van der Waals surface area contributed by atoms with E-state index in [1.807, 2.05) is 0 Å². The van der Waals surface area contributed by atoms with E-state index < -0.39 is 0 Å². The summed E-state index contributed by atoms with van der Waals surface area (Å²) in [5.74, 6) is 0.931. The van der Waals surface area contributed by atoms with E-state index >= 15 is 0 Å². The third-order valence-corrected chi connectivity index (χ3v) is 4.30. The molecule has 0 aliphatic heterocycles. The molecule has 2 rings (SSSR count). The van der Waals surface area contributed by atoms with E-state index in [4.69, 9.17) is 0 Å². The van der Waals surface area contributed by atoms with Crippen molar-refractivity contribution >= 4 is 0 Å². The quantitative estimate of drug-likeness (QED) is 0.813. The third-order valence-electron chi connectivity index (χ3n) is 4.30. The number of hydrogen-bond donors (Lipinski definition) is 1. The standard InChI is InChI=1S/C18H30N2/c1-15(2)19-12-17-10-6-7-11-18(17)14-20(3)13-16-8-4-5-9-16/h6-7,10-11,15-16,19H,4-5,8-9,12-14H2,1-3H3. The van der Waals surface area contributed by atoms with Crippen LogP contribution in [0.3, 0.4) is 0 Å². The van der Waals surface area contributed by atoms with Crippen LogP contribution in [0.25, 0.3) is 0 Å². The fraction of sp³-hybridized carbons (Fsp3) is 0.667. The summed E-state index contributed by atoms with van der Waals surface area (Å²) < 4.78 is 0. The first-order chi connectivity index (χ1) is 9.65. The van der Waals surface area contributed by atoms with Crippen LogP contribution in [0.15, 0.2) is 24.3 Å². The molecule has 1 aliphatic carbocycles. The zero-order valence-electron chi connectivity index (χ0n) is 13.4. The van der Waals surface area contributed by atoms with Crippen LogP contribution < -0.4 is 5.32 Å². The van der Waals surface area contributed by atoms with Gasteiger partial charge >= 0.3 is 0 Å². The molecule has 1 aromatic rings. The van der Waals surface area contributed by atoms with Gasteiger partial charge in [-0.2, -0.15) is 0 Å². The Balaban J connectivity index is 1.90. The van der Waals surface area contributed by atoms with Gasteiger partial charge in [0.15, 0.2) is 0 Å². The van der Waals surface area contributed by atoms with Crippen LogP contribution in [-0.2, 0) is 13.1 Å². The van der Waals surface area contributed by atoms with Crippen molar-refractivity contribution in [1.82, 2.24) is 10.2 Å². The largest absolute Gasteiger partial charge is 0.310 e. The lowest BCUT2D eigenvalue weighted by molar-refractivity contribution is 0.270. The Hall–Kier alpha value is -0.860. The number of hydrogen-bond acceptors (Lipinski definition) is 2. The van der Waals surface area contributed by atoms with Crippen molar-refractivity contribution in [1.29, 1.82) is 0 Å². The minimum atomic E-state index is 0.541. The predicted molar refractivity (Wildman–Crippen MR) is 86.7 cm³/mol. The van der Waals surface area contributed by atoms with Crippen molar-refractivity contribution in [2.45, 2.75) is 58.7 Å². The molecule has 0 atom stereocenters. The average Bonchev–Trinajstić information content (AvgIpc) is 2.90. The van der Waals surface area contributed by atoms with Crippen molar-refractivity contribution in [3.8, 4) is 0 Å². The lowest BCUT2D eigenvalue weighted by Crippen LogP contribution is -2.26. The topological polar surface area (TPSA) is 15.3 Å². The minimum absolute atomic E-state index is 0.541. The van der Waals surface area contributed by atoms with E-state index in [9.17, 15) is 0 Å². The highest BCUT2D eigenvalue weighted by Crippen LogP contribution is 2.25. The van der Waals surface area contributed by atoms with Crippen molar-refractivity contribution in [2.24, 2.45) is 5.92 Å². The molecule has 0 aromatic heterocycles. The van der Waals surface area contributed by atoms with Gasteiger partial charge in [-0.3, -0.25) is 0 Å². The molecular formula is C18H30N2. The molecule has 112 valence electrons. The van der Waals surface area contributed by atoms with Crippen LogP contribution in [0.4, 0.5) is 0 Å². The summed E-state index contributed by atoms with van der Waals surface area (Å²) >= 11 is 0. The molecule has 0 spiro atoms. The lowest BCUT2D eigenvalue weighted by Gasteiger charge is -2.22. The van der Waals surface area contributed by atoms with Gasteiger partial charge < -0.3 is 10.2 Å². The number of nitrogens with zero attached hydrogens (tertiary/aromatic N) is 1. The Morgan fingerprint density at radius 3 is 2.45 bits per heavy atom. The van der Waals surface area contributed by atoms with Gasteiger partial charge in [0.05, 0.1) is 0 Å². The molecule has 1 aliphatic rings. The van der Waals surface area contributed by atoms with E-state index in [1.54, 1.807) is 0 Å². The summed E-state index contributed by atoms with van der Waals surface area (Å²) in [6, 6.07) is 9.39. The molecule has 2 heteroatoms. The highest BCUT2D eigenvalue weighted by molar-refractivity contribution is 5.27. The number of rotatable bonds is 7. The van der Waals surface area contributed by atoms with E-state index in [0.29, 0.717) is 6.04 Å². The Morgan fingerprint density at radius 1 is 1.15 bits per heavy atom. The Labute approximate surface area is 124 Å². The van der Waals surface area contributed by atoms with E-state index in [2.05, 4.69) is 55.4 Å².